The zero-order chi connectivity index (χ0) is 17.0. The van der Waals surface area contributed by atoms with E-state index in [-0.39, 0.29) is 11.4 Å². The summed E-state index contributed by atoms with van der Waals surface area (Å²) in [6, 6.07) is 10.0. The molecular formula is C15H13F2NO4S. The number of carbonyl (C=O) groups excluding carboxylic acids is 1. The topological polar surface area (TPSA) is 72.5 Å². The van der Waals surface area contributed by atoms with Gasteiger partial charge in [-0.3, -0.25) is 4.79 Å². The van der Waals surface area contributed by atoms with Crippen LogP contribution in [0.1, 0.15) is 6.92 Å². The van der Waals surface area contributed by atoms with E-state index in [0.29, 0.717) is 0 Å². The van der Waals surface area contributed by atoms with Crippen molar-refractivity contribution in [2.45, 2.75) is 17.9 Å². The zero-order valence-corrected chi connectivity index (χ0v) is 12.8. The summed E-state index contributed by atoms with van der Waals surface area (Å²) in [5, 5.41) is 2.40. The van der Waals surface area contributed by atoms with Crippen molar-refractivity contribution in [3.8, 4) is 5.75 Å². The molecule has 0 bridgehead atoms. The third-order valence-electron chi connectivity index (χ3n) is 2.86. The van der Waals surface area contributed by atoms with Crippen LogP contribution in [0.25, 0.3) is 0 Å². The van der Waals surface area contributed by atoms with E-state index < -0.39 is 32.9 Å². The molecule has 0 radical (unpaired) electrons. The zero-order valence-electron chi connectivity index (χ0n) is 12.0. The third kappa shape index (κ3) is 4.75. The number of carbonyl (C=O) groups is 1. The third-order valence-corrected chi connectivity index (χ3v) is 3.68. The minimum atomic E-state index is -4.86. The lowest BCUT2D eigenvalue weighted by Gasteiger charge is -2.15. The first-order valence-corrected chi connectivity index (χ1v) is 7.92. The van der Waals surface area contributed by atoms with Crippen molar-refractivity contribution in [3.63, 3.8) is 0 Å². The Labute approximate surface area is 132 Å². The minimum Gasteiger partial charge on any atom is -0.481 e. The van der Waals surface area contributed by atoms with E-state index in [1.807, 2.05) is 0 Å². The Bertz CT molecular complexity index is 824. The van der Waals surface area contributed by atoms with Gasteiger partial charge in [0.2, 0.25) is 0 Å². The maximum absolute atomic E-state index is 13.0. The maximum atomic E-state index is 13.0. The molecule has 1 unspecified atom stereocenters. The Kier molecular flexibility index (Phi) is 4.95. The average molecular weight is 341 g/mol. The molecule has 0 saturated heterocycles. The van der Waals surface area contributed by atoms with Crippen molar-refractivity contribution < 1.29 is 26.2 Å². The molecule has 0 spiro atoms. The number of ether oxygens (including phenoxy) is 1. The molecule has 2 rings (SSSR count). The van der Waals surface area contributed by atoms with Gasteiger partial charge in [0.25, 0.3) is 5.91 Å². The Balaban J connectivity index is 2.07. The number of hydrogen-bond donors (Lipinski definition) is 1. The molecular weight excluding hydrogens is 328 g/mol. The summed E-state index contributed by atoms with van der Waals surface area (Å²) < 4.78 is 52.9. The van der Waals surface area contributed by atoms with Gasteiger partial charge in [-0.05, 0) is 37.3 Å². The SMILES string of the molecule is CC(Oc1cccc(F)c1)C(=O)Nc1cccc(S(=O)(=O)F)c1. The van der Waals surface area contributed by atoms with Crippen molar-refractivity contribution in [1.82, 2.24) is 0 Å². The number of hydrogen-bond acceptors (Lipinski definition) is 4. The van der Waals surface area contributed by atoms with E-state index >= 15 is 0 Å². The minimum absolute atomic E-state index is 0.100. The monoisotopic (exact) mass is 341 g/mol. The normalized spacial score (nSPS) is 12.5. The summed E-state index contributed by atoms with van der Waals surface area (Å²) in [6.45, 7) is 1.44. The molecule has 0 saturated carbocycles. The maximum Gasteiger partial charge on any atom is 0.332 e. The smallest absolute Gasteiger partial charge is 0.332 e. The fraction of sp³-hybridized carbons (Fsp3) is 0.133. The van der Waals surface area contributed by atoms with Gasteiger partial charge in [0, 0.05) is 11.8 Å². The second kappa shape index (κ2) is 6.74. The number of halogens is 2. The van der Waals surface area contributed by atoms with E-state index in [2.05, 4.69) is 5.32 Å². The number of anilines is 1. The predicted molar refractivity (Wildman–Crippen MR) is 79.9 cm³/mol. The molecule has 0 heterocycles. The quantitative estimate of drug-likeness (QED) is 0.849. The van der Waals surface area contributed by atoms with E-state index in [9.17, 15) is 21.5 Å². The Morgan fingerprint density at radius 2 is 1.87 bits per heavy atom. The summed E-state index contributed by atoms with van der Waals surface area (Å²) in [6.07, 6.45) is -0.970. The van der Waals surface area contributed by atoms with E-state index in [1.54, 1.807) is 0 Å². The van der Waals surface area contributed by atoms with E-state index in [1.165, 1.54) is 37.3 Å². The van der Waals surface area contributed by atoms with Gasteiger partial charge in [-0.25, -0.2) is 4.39 Å². The summed E-state index contributed by atoms with van der Waals surface area (Å²) >= 11 is 0. The molecule has 0 fully saturated rings. The molecule has 0 aliphatic heterocycles. The molecule has 0 aliphatic rings. The van der Waals surface area contributed by atoms with Gasteiger partial charge in [-0.15, -0.1) is 3.89 Å². The highest BCUT2D eigenvalue weighted by Crippen LogP contribution is 2.18. The molecule has 8 heteroatoms. The first-order chi connectivity index (χ1) is 10.8. The molecule has 23 heavy (non-hydrogen) atoms. The Morgan fingerprint density at radius 1 is 1.17 bits per heavy atom. The molecule has 2 aromatic carbocycles. The molecule has 1 atom stereocenters. The van der Waals surface area contributed by atoms with Crippen LogP contribution in [0.4, 0.5) is 14.0 Å². The van der Waals surface area contributed by atoms with Crippen molar-refractivity contribution in [1.29, 1.82) is 0 Å². The van der Waals surface area contributed by atoms with Gasteiger partial charge in [-0.2, -0.15) is 8.42 Å². The fourth-order valence-corrected chi connectivity index (χ4v) is 2.28. The van der Waals surface area contributed by atoms with Crippen LogP contribution in [0.3, 0.4) is 0 Å². The fourth-order valence-electron chi connectivity index (χ4n) is 1.77. The Morgan fingerprint density at radius 3 is 2.52 bits per heavy atom. The van der Waals surface area contributed by atoms with Crippen LogP contribution in [0.15, 0.2) is 53.4 Å². The lowest BCUT2D eigenvalue weighted by Crippen LogP contribution is -2.30. The van der Waals surface area contributed by atoms with Crippen LogP contribution in [0.2, 0.25) is 0 Å². The standard InChI is InChI=1S/C15H13F2NO4S/c1-10(22-13-6-2-4-11(16)8-13)15(19)18-12-5-3-7-14(9-12)23(17,20)21/h2-10H,1H3,(H,18,19). The molecule has 1 N–H and O–H groups in total. The highest BCUT2D eigenvalue weighted by Gasteiger charge is 2.17. The van der Waals surface area contributed by atoms with Crippen molar-refractivity contribution in [3.05, 3.63) is 54.3 Å². The van der Waals surface area contributed by atoms with Crippen LogP contribution < -0.4 is 10.1 Å². The predicted octanol–water partition coefficient (Wildman–Crippen LogP) is 2.89. The van der Waals surface area contributed by atoms with Gasteiger partial charge in [-0.1, -0.05) is 12.1 Å². The molecule has 0 aromatic heterocycles. The highest BCUT2D eigenvalue weighted by atomic mass is 32.3. The van der Waals surface area contributed by atoms with Gasteiger partial charge in [0.15, 0.2) is 6.10 Å². The molecule has 1 amide bonds. The van der Waals surface area contributed by atoms with E-state index in [4.69, 9.17) is 4.74 Å². The van der Waals surface area contributed by atoms with Crippen molar-refractivity contribution in [2.24, 2.45) is 0 Å². The number of nitrogens with one attached hydrogen (secondary N) is 1. The molecule has 5 nitrogen and oxygen atoms in total. The summed E-state index contributed by atoms with van der Waals surface area (Å²) in [7, 11) is -4.86. The molecule has 2 aromatic rings. The summed E-state index contributed by atoms with van der Waals surface area (Å²) in [5.74, 6) is -0.925. The second-order valence-corrected chi connectivity index (χ2v) is 6.02. The average Bonchev–Trinajstić information content (AvgIpc) is 2.46. The van der Waals surface area contributed by atoms with Crippen LogP contribution in [0, 0.1) is 5.82 Å². The van der Waals surface area contributed by atoms with Crippen LogP contribution in [0.5, 0.6) is 5.75 Å². The summed E-state index contributed by atoms with van der Waals surface area (Å²) in [5.41, 5.74) is 0.100. The van der Waals surface area contributed by atoms with Crippen molar-refractivity contribution >= 4 is 21.8 Å². The van der Waals surface area contributed by atoms with Gasteiger partial charge in [0.05, 0.1) is 0 Å². The van der Waals surface area contributed by atoms with Crippen LogP contribution in [-0.4, -0.2) is 20.4 Å². The van der Waals surface area contributed by atoms with Gasteiger partial charge < -0.3 is 10.1 Å². The van der Waals surface area contributed by atoms with Gasteiger partial charge in [0.1, 0.15) is 16.5 Å². The number of amides is 1. The number of rotatable bonds is 5. The lowest BCUT2D eigenvalue weighted by atomic mass is 10.3. The first kappa shape index (κ1) is 16.9. The largest absolute Gasteiger partial charge is 0.481 e. The Hall–Kier alpha value is -2.48. The highest BCUT2D eigenvalue weighted by molar-refractivity contribution is 7.86. The van der Waals surface area contributed by atoms with Crippen LogP contribution >= 0.6 is 0 Å². The summed E-state index contributed by atoms with van der Waals surface area (Å²) in [4.78, 5) is 11.4. The second-order valence-electron chi connectivity index (χ2n) is 4.67. The number of benzene rings is 2. The lowest BCUT2D eigenvalue weighted by molar-refractivity contribution is -0.122. The van der Waals surface area contributed by atoms with Crippen LogP contribution in [-0.2, 0) is 15.0 Å². The van der Waals surface area contributed by atoms with E-state index in [0.717, 1.165) is 18.2 Å². The van der Waals surface area contributed by atoms with Crippen molar-refractivity contribution in [2.75, 3.05) is 5.32 Å². The molecule has 0 aliphatic carbocycles. The van der Waals surface area contributed by atoms with Gasteiger partial charge >= 0.3 is 10.2 Å². The molecule has 122 valence electrons. The first-order valence-electron chi connectivity index (χ1n) is 6.53.